The zero-order valence-corrected chi connectivity index (χ0v) is 16.2. The fourth-order valence-electron chi connectivity index (χ4n) is 2.12. The topological polar surface area (TPSA) is 175 Å². The van der Waals surface area contributed by atoms with Crippen molar-refractivity contribution < 1.29 is 57.6 Å². The minimum absolute atomic E-state index is 0.0361. The number of ether oxygens (including phenoxy) is 5. The van der Waals surface area contributed by atoms with E-state index in [0.29, 0.717) is 4.90 Å². The number of nitrogens with zero attached hydrogens (tertiary/aromatic N) is 2. The molecule has 1 N–H and O–H groups in total. The van der Waals surface area contributed by atoms with Crippen molar-refractivity contribution in [2.24, 2.45) is 0 Å². The second-order valence-corrected chi connectivity index (χ2v) is 5.10. The first-order chi connectivity index (χ1) is 13.6. The Hall–Kier alpha value is -3.58. The van der Waals surface area contributed by atoms with Gasteiger partial charge in [0.2, 0.25) is 0 Å². The van der Waals surface area contributed by atoms with E-state index in [1.807, 2.05) is 0 Å². The summed E-state index contributed by atoms with van der Waals surface area (Å²) in [6, 6.07) is -1.70. The maximum absolute atomic E-state index is 12.1. The number of methoxy groups -OCH3 is 4. The Labute approximate surface area is 165 Å². The molecule has 0 aliphatic heterocycles. The van der Waals surface area contributed by atoms with Crippen molar-refractivity contribution in [2.75, 3.05) is 35.0 Å². The molecule has 0 aromatic heterocycles. The van der Waals surface area contributed by atoms with E-state index < -0.39 is 42.5 Å². The van der Waals surface area contributed by atoms with Crippen molar-refractivity contribution in [3.8, 4) is 0 Å². The molecule has 4 amide bonds. The fourth-order valence-corrected chi connectivity index (χ4v) is 2.12. The highest BCUT2D eigenvalue weighted by atomic mass is 16.7. The minimum Gasteiger partial charge on any atom is -0.452 e. The first-order valence-electron chi connectivity index (χ1n) is 7.97. The molecular weight excluding hydrogens is 400 g/mol. The first-order valence-corrected chi connectivity index (χ1v) is 7.97. The molecule has 0 aromatic rings. The van der Waals surface area contributed by atoms with Crippen LogP contribution in [0.4, 0.5) is 24.0 Å². The van der Waals surface area contributed by atoms with Crippen molar-refractivity contribution in [3.05, 3.63) is 0 Å². The molecule has 1 atom stereocenters. The lowest BCUT2D eigenvalue weighted by Crippen LogP contribution is -2.49. The van der Waals surface area contributed by atoms with Crippen LogP contribution >= 0.6 is 0 Å². The molecule has 0 radical (unpaired) electrons. The molecule has 14 heteroatoms. The van der Waals surface area contributed by atoms with Crippen LogP contribution in [0.3, 0.4) is 0 Å². The monoisotopic (exact) mass is 422 g/mol. The summed E-state index contributed by atoms with van der Waals surface area (Å²) in [4.78, 5) is 70.4. The van der Waals surface area contributed by atoms with Crippen molar-refractivity contribution >= 4 is 36.5 Å². The number of amides is 4. The molecule has 14 nitrogen and oxygen atoms in total. The summed E-state index contributed by atoms with van der Waals surface area (Å²) in [5.74, 6) is -1.42. The molecule has 0 aliphatic carbocycles. The van der Waals surface area contributed by atoms with Gasteiger partial charge in [0.25, 0.3) is 0 Å². The van der Waals surface area contributed by atoms with Gasteiger partial charge in [-0.2, -0.15) is 4.90 Å². The SMILES string of the molecule is COC(=O)N(CCCCC(C(=O)OC(=O)O)N(C(=O)OC)C(=O)OC)C(=O)OC. The second-order valence-electron chi connectivity index (χ2n) is 5.10. The van der Waals surface area contributed by atoms with Gasteiger partial charge in [0.1, 0.15) is 6.04 Å². The van der Waals surface area contributed by atoms with Gasteiger partial charge in [-0.05, 0) is 19.3 Å². The molecule has 0 bridgehead atoms. The Morgan fingerprint density at radius 3 is 1.59 bits per heavy atom. The van der Waals surface area contributed by atoms with Crippen LogP contribution in [0.2, 0.25) is 0 Å². The highest BCUT2D eigenvalue weighted by molar-refractivity contribution is 5.95. The van der Waals surface area contributed by atoms with E-state index in [-0.39, 0.29) is 30.7 Å². The van der Waals surface area contributed by atoms with Crippen LogP contribution in [-0.2, 0) is 28.5 Å². The largest absolute Gasteiger partial charge is 0.513 e. The van der Waals surface area contributed by atoms with Crippen LogP contribution in [0.5, 0.6) is 0 Å². The van der Waals surface area contributed by atoms with Gasteiger partial charge in [-0.3, -0.25) is 0 Å². The summed E-state index contributed by atoms with van der Waals surface area (Å²) >= 11 is 0. The average molecular weight is 422 g/mol. The standard InChI is InChI=1S/C15H22N2O12/c1-25-11(19)16(12(20)26-2)8-6-5-7-9(10(18)29-15(23)24)17(13(21)27-3)14(22)28-4/h9H,5-8H2,1-4H3,(H,23,24). The Morgan fingerprint density at radius 1 is 0.759 bits per heavy atom. The minimum atomic E-state index is -1.95. The molecule has 0 aliphatic rings. The van der Waals surface area contributed by atoms with Gasteiger partial charge in [-0.1, -0.05) is 0 Å². The molecule has 29 heavy (non-hydrogen) atoms. The molecule has 0 heterocycles. The zero-order valence-electron chi connectivity index (χ0n) is 16.2. The summed E-state index contributed by atoms with van der Waals surface area (Å²) in [5, 5.41) is 8.62. The number of carbonyl (C=O) groups excluding carboxylic acids is 5. The van der Waals surface area contributed by atoms with Crippen molar-refractivity contribution in [3.63, 3.8) is 0 Å². The van der Waals surface area contributed by atoms with Crippen LogP contribution in [0.1, 0.15) is 19.3 Å². The van der Waals surface area contributed by atoms with Gasteiger partial charge < -0.3 is 28.8 Å². The predicted molar refractivity (Wildman–Crippen MR) is 89.9 cm³/mol. The summed E-state index contributed by atoms with van der Waals surface area (Å²) in [6.45, 7) is -0.184. The lowest BCUT2D eigenvalue weighted by atomic mass is 10.1. The third-order valence-corrected chi connectivity index (χ3v) is 3.41. The summed E-state index contributed by atoms with van der Waals surface area (Å²) < 4.78 is 21.7. The second kappa shape index (κ2) is 12.7. The number of esters is 1. The highest BCUT2D eigenvalue weighted by Crippen LogP contribution is 2.15. The van der Waals surface area contributed by atoms with Gasteiger partial charge in [0, 0.05) is 6.54 Å². The molecule has 0 rings (SSSR count). The van der Waals surface area contributed by atoms with E-state index in [2.05, 4.69) is 23.7 Å². The third kappa shape index (κ3) is 7.90. The zero-order chi connectivity index (χ0) is 22.6. The first kappa shape index (κ1) is 25.4. The lowest BCUT2D eigenvalue weighted by Gasteiger charge is -2.25. The number of carbonyl (C=O) groups is 6. The number of rotatable bonds is 7. The quantitative estimate of drug-likeness (QED) is 0.271. The fraction of sp³-hybridized carbons (Fsp3) is 0.600. The summed E-state index contributed by atoms with van der Waals surface area (Å²) in [7, 11) is 3.98. The van der Waals surface area contributed by atoms with Gasteiger partial charge in [0.05, 0.1) is 28.4 Å². The van der Waals surface area contributed by atoms with Gasteiger partial charge in [0.15, 0.2) is 0 Å². The maximum atomic E-state index is 12.1. The Bertz CT molecular complexity index is 603. The molecule has 0 aromatic carbocycles. The highest BCUT2D eigenvalue weighted by Gasteiger charge is 2.38. The van der Waals surface area contributed by atoms with E-state index in [4.69, 9.17) is 5.11 Å². The Morgan fingerprint density at radius 2 is 1.21 bits per heavy atom. The van der Waals surface area contributed by atoms with E-state index >= 15 is 0 Å². The van der Waals surface area contributed by atoms with Crippen molar-refractivity contribution in [1.82, 2.24) is 9.80 Å². The van der Waals surface area contributed by atoms with E-state index in [1.165, 1.54) is 0 Å². The number of carboxylic acid groups (broad SMARTS) is 1. The van der Waals surface area contributed by atoms with E-state index in [9.17, 15) is 28.8 Å². The molecule has 0 saturated carbocycles. The van der Waals surface area contributed by atoms with Crippen molar-refractivity contribution in [1.29, 1.82) is 0 Å². The molecule has 0 spiro atoms. The van der Waals surface area contributed by atoms with Gasteiger partial charge >= 0.3 is 36.5 Å². The van der Waals surface area contributed by atoms with E-state index in [1.54, 1.807) is 0 Å². The van der Waals surface area contributed by atoms with Crippen LogP contribution < -0.4 is 0 Å². The average Bonchev–Trinajstić information content (AvgIpc) is 2.70. The van der Waals surface area contributed by atoms with E-state index in [0.717, 1.165) is 28.4 Å². The number of unbranched alkanes of at least 4 members (excludes halogenated alkanes) is 1. The summed E-state index contributed by atoms with van der Waals surface area (Å²) in [6.07, 6.45) is -6.64. The van der Waals surface area contributed by atoms with Gasteiger partial charge in [-0.25, -0.2) is 33.7 Å². The van der Waals surface area contributed by atoms with Crippen LogP contribution in [-0.4, -0.2) is 92.4 Å². The van der Waals surface area contributed by atoms with Crippen LogP contribution in [0.25, 0.3) is 0 Å². The normalized spacial score (nSPS) is 10.8. The van der Waals surface area contributed by atoms with Gasteiger partial charge in [-0.15, -0.1) is 0 Å². The summed E-state index contributed by atoms with van der Waals surface area (Å²) in [5.41, 5.74) is 0. The number of hydrogen-bond acceptors (Lipinski definition) is 11. The Balaban J connectivity index is 5.31. The number of hydrogen-bond donors (Lipinski definition) is 1. The molecule has 0 saturated heterocycles. The Kier molecular flexibility index (Phi) is 11.2. The maximum Gasteiger partial charge on any atom is 0.513 e. The van der Waals surface area contributed by atoms with Crippen LogP contribution in [0.15, 0.2) is 0 Å². The molecule has 164 valence electrons. The third-order valence-electron chi connectivity index (χ3n) is 3.41. The lowest BCUT2D eigenvalue weighted by molar-refractivity contribution is -0.144. The molecular formula is C15H22N2O12. The van der Waals surface area contributed by atoms with Crippen LogP contribution in [0, 0.1) is 0 Å². The smallest absolute Gasteiger partial charge is 0.452 e. The predicted octanol–water partition coefficient (Wildman–Crippen LogP) is 1.42. The molecule has 1 unspecified atom stereocenters. The van der Waals surface area contributed by atoms with Crippen molar-refractivity contribution in [2.45, 2.75) is 25.3 Å². The molecule has 0 fully saturated rings. The number of imide groups is 2.